The first kappa shape index (κ1) is 20.8. The molecule has 0 aliphatic heterocycles. The zero-order chi connectivity index (χ0) is 20.5. The molecule has 5 rings (SSSR count). The summed E-state index contributed by atoms with van der Waals surface area (Å²) in [5.41, 5.74) is 13.3. The van der Waals surface area contributed by atoms with Crippen LogP contribution in [0.25, 0.3) is 5.70 Å². The van der Waals surface area contributed by atoms with E-state index in [1.54, 1.807) is 63.6 Å². The quantitative estimate of drug-likeness (QED) is 0.603. The minimum atomic E-state index is 0.501. The second kappa shape index (κ2) is 8.32. The molecule has 4 aliphatic rings. The molecule has 0 radical (unpaired) electrons. The van der Waals surface area contributed by atoms with E-state index in [-0.39, 0.29) is 0 Å². The smallest absolute Gasteiger partial charge is 0.0873 e. The highest BCUT2D eigenvalue weighted by atomic mass is 14.7. The molecule has 6 unspecified atom stereocenters. The van der Waals surface area contributed by atoms with Gasteiger partial charge in [-0.15, -0.1) is 0 Å². The molecule has 1 aromatic heterocycles. The van der Waals surface area contributed by atoms with Gasteiger partial charge in [0.15, 0.2) is 0 Å². The van der Waals surface area contributed by atoms with Crippen LogP contribution in [0.2, 0.25) is 0 Å². The van der Waals surface area contributed by atoms with E-state index in [1.807, 2.05) is 12.1 Å². The molecule has 1 aromatic rings. The van der Waals surface area contributed by atoms with Crippen molar-refractivity contribution in [3.05, 3.63) is 36.3 Å². The Morgan fingerprint density at radius 1 is 0.966 bits per heavy atom. The molecule has 3 nitrogen and oxygen atoms in total. The first-order chi connectivity index (χ1) is 14.0. The number of hydrogen-bond donors (Lipinski definition) is 2. The van der Waals surface area contributed by atoms with E-state index in [2.05, 4.69) is 18.8 Å². The number of rotatable bonds is 1. The summed E-state index contributed by atoms with van der Waals surface area (Å²) < 4.78 is 0. The molecule has 0 amide bonds. The lowest BCUT2D eigenvalue weighted by molar-refractivity contribution is -0.103. The van der Waals surface area contributed by atoms with Gasteiger partial charge in [-0.25, -0.2) is 0 Å². The summed E-state index contributed by atoms with van der Waals surface area (Å²) in [4.78, 5) is 3.98. The third-order valence-electron chi connectivity index (χ3n) is 9.50. The van der Waals surface area contributed by atoms with Gasteiger partial charge in [-0.2, -0.15) is 0 Å². The normalized spacial score (nSPS) is 41.4. The van der Waals surface area contributed by atoms with Crippen LogP contribution >= 0.6 is 0 Å². The van der Waals surface area contributed by atoms with E-state index in [0.29, 0.717) is 11.4 Å². The van der Waals surface area contributed by atoms with Crippen LogP contribution in [0.15, 0.2) is 30.6 Å². The van der Waals surface area contributed by atoms with Crippen molar-refractivity contribution in [1.29, 1.82) is 0 Å². The average molecular weight is 396 g/mol. The minimum Gasteiger partial charge on any atom is -0.403 e. The lowest BCUT2D eigenvalue weighted by atomic mass is 9.45. The van der Waals surface area contributed by atoms with Crippen molar-refractivity contribution in [2.24, 2.45) is 46.0 Å². The Morgan fingerprint density at radius 3 is 2.59 bits per heavy atom. The highest BCUT2D eigenvalue weighted by Crippen LogP contribution is 2.66. The van der Waals surface area contributed by atoms with Crippen molar-refractivity contribution in [2.75, 3.05) is 0 Å². The summed E-state index contributed by atoms with van der Waals surface area (Å²) in [7, 11) is 0. The topological polar surface area (TPSA) is 64.9 Å². The van der Waals surface area contributed by atoms with Crippen LogP contribution in [0.3, 0.4) is 0 Å². The van der Waals surface area contributed by atoms with Crippen molar-refractivity contribution >= 4 is 5.70 Å². The van der Waals surface area contributed by atoms with Gasteiger partial charge in [0.25, 0.3) is 0 Å². The van der Waals surface area contributed by atoms with Crippen LogP contribution < -0.4 is 11.5 Å². The number of hydrogen-bond acceptors (Lipinski definition) is 3. The Kier molecular flexibility index (Phi) is 5.95. The molecule has 3 heteroatoms. The van der Waals surface area contributed by atoms with Gasteiger partial charge in [0.2, 0.25) is 0 Å². The van der Waals surface area contributed by atoms with E-state index in [1.165, 1.54) is 25.5 Å². The molecule has 6 atom stereocenters. The molecule has 1 heterocycles. The molecule has 160 valence electrons. The maximum absolute atomic E-state index is 5.47. The van der Waals surface area contributed by atoms with Crippen molar-refractivity contribution in [3.8, 4) is 0 Å². The fourth-order valence-corrected chi connectivity index (χ4v) is 7.91. The zero-order valence-electron chi connectivity index (χ0n) is 18.6. The largest absolute Gasteiger partial charge is 0.403 e. The van der Waals surface area contributed by atoms with Gasteiger partial charge in [-0.1, -0.05) is 39.2 Å². The summed E-state index contributed by atoms with van der Waals surface area (Å²) in [6.45, 7) is 5.33. The van der Waals surface area contributed by atoms with E-state index >= 15 is 0 Å². The molecule has 29 heavy (non-hydrogen) atoms. The summed E-state index contributed by atoms with van der Waals surface area (Å²) in [6, 6.07) is 5.49. The third-order valence-corrected chi connectivity index (χ3v) is 9.50. The first-order valence-corrected chi connectivity index (χ1v) is 12.1. The number of aromatic nitrogens is 1. The van der Waals surface area contributed by atoms with Gasteiger partial charge in [-0.05, 0) is 98.0 Å². The highest BCUT2D eigenvalue weighted by Gasteiger charge is 2.56. The molecular formula is C26H41N3. The SMILES string of the molecule is CC12CCCC1C1CCC3CCCCC3(C)C1CC2.N/C=C(\N)c1ccccn1. The predicted molar refractivity (Wildman–Crippen MR) is 122 cm³/mol. The van der Waals surface area contributed by atoms with Crippen LogP contribution in [0.4, 0.5) is 0 Å². The summed E-state index contributed by atoms with van der Waals surface area (Å²) in [6.07, 6.45) is 20.1. The molecule has 0 spiro atoms. The number of pyridine rings is 1. The van der Waals surface area contributed by atoms with Gasteiger partial charge < -0.3 is 11.5 Å². The number of fused-ring (bicyclic) bond motifs is 5. The number of nitrogens with zero attached hydrogens (tertiary/aromatic N) is 1. The Balaban J connectivity index is 0.000000174. The van der Waals surface area contributed by atoms with Gasteiger partial charge >= 0.3 is 0 Å². The van der Waals surface area contributed by atoms with Crippen LogP contribution in [0, 0.1) is 34.5 Å². The summed E-state index contributed by atoms with van der Waals surface area (Å²) in [5.74, 6) is 4.41. The van der Waals surface area contributed by atoms with Crippen LogP contribution in [-0.2, 0) is 0 Å². The average Bonchev–Trinajstić information content (AvgIpc) is 3.15. The maximum atomic E-state index is 5.47. The highest BCUT2D eigenvalue weighted by molar-refractivity contribution is 5.57. The van der Waals surface area contributed by atoms with E-state index < -0.39 is 0 Å². The Hall–Kier alpha value is -1.51. The Bertz CT molecular complexity index is 714. The van der Waals surface area contributed by atoms with E-state index in [9.17, 15) is 0 Å². The van der Waals surface area contributed by atoms with Gasteiger partial charge in [0.1, 0.15) is 0 Å². The van der Waals surface area contributed by atoms with E-state index in [0.717, 1.165) is 34.5 Å². The predicted octanol–water partition coefficient (Wildman–Crippen LogP) is 6.11. The van der Waals surface area contributed by atoms with Crippen LogP contribution in [0.1, 0.15) is 90.2 Å². The minimum absolute atomic E-state index is 0.501. The fourth-order valence-electron chi connectivity index (χ4n) is 7.91. The summed E-state index contributed by atoms with van der Waals surface area (Å²) >= 11 is 0. The number of nitrogens with two attached hydrogens (primary N) is 2. The molecular weight excluding hydrogens is 354 g/mol. The Labute approximate surface area is 177 Å². The molecule has 0 aromatic carbocycles. The molecule has 4 saturated carbocycles. The zero-order valence-corrected chi connectivity index (χ0v) is 18.6. The molecule has 0 bridgehead atoms. The van der Waals surface area contributed by atoms with Gasteiger partial charge in [0, 0.05) is 12.4 Å². The molecule has 0 saturated heterocycles. The second-order valence-electron chi connectivity index (χ2n) is 10.8. The maximum Gasteiger partial charge on any atom is 0.0873 e. The van der Waals surface area contributed by atoms with Crippen molar-refractivity contribution in [1.82, 2.24) is 4.98 Å². The fraction of sp³-hybridized carbons (Fsp3) is 0.731. The monoisotopic (exact) mass is 395 g/mol. The summed E-state index contributed by atoms with van der Waals surface area (Å²) in [5, 5.41) is 0. The molecule has 4 fully saturated rings. The van der Waals surface area contributed by atoms with E-state index in [4.69, 9.17) is 11.5 Å². The lowest BCUT2D eigenvalue weighted by Crippen LogP contribution is -2.51. The molecule has 4 N–H and O–H groups in total. The standard InChI is InChI=1S/C19H32.C7H9N3/c1-18-11-5-7-16(18)15-9-8-14-6-3-4-12-19(14,2)17(15)10-13-18;8-5-6(9)7-3-1-2-4-10-7/h14-17H,3-13H2,1-2H3;1-5H,8-9H2/b;6-5-. The second-order valence-corrected chi connectivity index (χ2v) is 10.8. The first-order valence-electron chi connectivity index (χ1n) is 12.1. The lowest BCUT2D eigenvalue weighted by Gasteiger charge is -2.60. The third kappa shape index (κ3) is 3.82. The Morgan fingerprint density at radius 2 is 1.83 bits per heavy atom. The van der Waals surface area contributed by atoms with Crippen molar-refractivity contribution in [2.45, 2.75) is 84.5 Å². The van der Waals surface area contributed by atoms with Crippen LogP contribution in [0.5, 0.6) is 0 Å². The molecule has 4 aliphatic carbocycles. The van der Waals surface area contributed by atoms with Crippen LogP contribution in [-0.4, -0.2) is 4.98 Å². The van der Waals surface area contributed by atoms with Crippen molar-refractivity contribution < 1.29 is 0 Å². The van der Waals surface area contributed by atoms with Gasteiger partial charge in [0.05, 0.1) is 11.4 Å². The van der Waals surface area contributed by atoms with Gasteiger partial charge in [-0.3, -0.25) is 4.98 Å². The van der Waals surface area contributed by atoms with Crippen molar-refractivity contribution in [3.63, 3.8) is 0 Å².